The first kappa shape index (κ1) is 5.47. The highest BCUT2D eigenvalue weighted by Crippen LogP contribution is 1.60. The molecule has 0 aliphatic carbocycles. The summed E-state index contributed by atoms with van der Waals surface area (Å²) in [5.41, 5.74) is 0. The molecule has 2 heteroatoms. The number of rotatable bonds is 2. The molecule has 1 radical (unpaired) electrons. The molecule has 0 fully saturated rings. The average molecular weight is 86.1 g/mol. The fourth-order valence-corrected chi connectivity index (χ4v) is 0.129. The number of hydrogen-bond acceptors (Lipinski definition) is 2. The van der Waals surface area contributed by atoms with Gasteiger partial charge in [0.25, 0.3) is 6.40 Å². The molecule has 35 valence electrons. The predicted octanol–water partition coefficient (Wildman–Crippen LogP) is 0.558. The molecular weight excluding hydrogens is 78.0 g/mol. The lowest BCUT2D eigenvalue weighted by Crippen LogP contribution is -1.75. The molecule has 0 saturated heterocycles. The molecule has 0 N–H and O–H groups in total. The molecule has 0 spiro atoms. The van der Waals surface area contributed by atoms with Crippen molar-refractivity contribution in [3.05, 3.63) is 0 Å². The maximum absolute atomic E-state index is 4.37. The molecule has 0 aliphatic rings. The Hall–Kier alpha value is -0.530. The van der Waals surface area contributed by atoms with Crippen molar-refractivity contribution in [2.75, 3.05) is 13.7 Å². The minimum absolute atomic E-state index is 0.744. The first-order chi connectivity index (χ1) is 2.91. The van der Waals surface area contributed by atoms with Crippen LogP contribution in [0.4, 0.5) is 0 Å². The molecule has 2 nitrogen and oxygen atoms in total. The van der Waals surface area contributed by atoms with Crippen LogP contribution in [0.5, 0.6) is 0 Å². The number of nitrogens with zero attached hydrogens (tertiary/aromatic N) is 1. The smallest absolute Gasteiger partial charge is 0.272 e. The van der Waals surface area contributed by atoms with E-state index in [1.165, 1.54) is 7.11 Å². The molecule has 0 aromatic carbocycles. The minimum atomic E-state index is 0.744. The first-order valence-corrected chi connectivity index (χ1v) is 1.86. The van der Waals surface area contributed by atoms with E-state index in [1.54, 1.807) is 0 Å². The zero-order chi connectivity index (χ0) is 4.83. The van der Waals surface area contributed by atoms with Crippen LogP contribution in [-0.2, 0) is 4.74 Å². The largest absolute Gasteiger partial charge is 0.477 e. The van der Waals surface area contributed by atoms with Crippen molar-refractivity contribution in [1.82, 2.24) is 0 Å². The van der Waals surface area contributed by atoms with Crippen molar-refractivity contribution < 1.29 is 4.74 Å². The first-order valence-electron chi connectivity index (χ1n) is 1.86. The lowest BCUT2D eigenvalue weighted by atomic mass is 10.8. The van der Waals surface area contributed by atoms with Gasteiger partial charge in [0, 0.05) is 6.54 Å². The van der Waals surface area contributed by atoms with Gasteiger partial charge in [0.15, 0.2) is 0 Å². The van der Waals surface area contributed by atoms with E-state index in [1.807, 2.05) is 6.92 Å². The highest BCUT2D eigenvalue weighted by molar-refractivity contribution is 5.45. The van der Waals surface area contributed by atoms with Gasteiger partial charge < -0.3 is 4.74 Å². The van der Waals surface area contributed by atoms with Crippen LogP contribution in [0.1, 0.15) is 6.92 Å². The van der Waals surface area contributed by atoms with E-state index < -0.39 is 0 Å². The van der Waals surface area contributed by atoms with Gasteiger partial charge in [-0.25, -0.2) is 4.99 Å². The van der Waals surface area contributed by atoms with Crippen LogP contribution in [0.25, 0.3) is 0 Å². The molecule has 0 unspecified atom stereocenters. The Morgan fingerprint density at radius 1 is 1.83 bits per heavy atom. The van der Waals surface area contributed by atoms with Crippen molar-refractivity contribution in [3.63, 3.8) is 0 Å². The van der Waals surface area contributed by atoms with Gasteiger partial charge in [0.05, 0.1) is 7.11 Å². The van der Waals surface area contributed by atoms with E-state index in [-0.39, 0.29) is 0 Å². The Bertz CT molecular complexity index is 36.8. The van der Waals surface area contributed by atoms with E-state index in [9.17, 15) is 0 Å². The number of hydrogen-bond donors (Lipinski definition) is 0. The van der Waals surface area contributed by atoms with E-state index in [2.05, 4.69) is 16.1 Å². The number of aliphatic imine (C=N–C) groups is 1. The third kappa shape index (κ3) is 3.47. The summed E-state index contributed by atoms with van der Waals surface area (Å²) in [5, 5.41) is 0. The monoisotopic (exact) mass is 86.1 g/mol. The van der Waals surface area contributed by atoms with Gasteiger partial charge >= 0.3 is 0 Å². The second kappa shape index (κ2) is 4.47. The number of ether oxygens (including phenoxy) is 1. The highest BCUT2D eigenvalue weighted by Gasteiger charge is 1.60. The summed E-state index contributed by atoms with van der Waals surface area (Å²) >= 11 is 0. The molecule has 0 amide bonds. The van der Waals surface area contributed by atoms with Crippen LogP contribution >= 0.6 is 0 Å². The van der Waals surface area contributed by atoms with E-state index in [4.69, 9.17) is 0 Å². The molecule has 0 bridgehead atoms. The molecule has 0 aliphatic heterocycles. The summed E-state index contributed by atoms with van der Waals surface area (Å²) in [5.74, 6) is 0. The second-order valence-corrected chi connectivity index (χ2v) is 0.770. The summed E-state index contributed by atoms with van der Waals surface area (Å²) in [6, 6.07) is 0. The fourth-order valence-electron chi connectivity index (χ4n) is 0.129. The zero-order valence-corrected chi connectivity index (χ0v) is 4.06. The molecule has 6 heavy (non-hydrogen) atoms. The Labute approximate surface area is 37.8 Å². The Kier molecular flexibility index (Phi) is 4.08. The summed E-state index contributed by atoms with van der Waals surface area (Å²) in [4.78, 5) is 3.62. The van der Waals surface area contributed by atoms with E-state index >= 15 is 0 Å². The van der Waals surface area contributed by atoms with Crippen molar-refractivity contribution in [2.24, 2.45) is 4.99 Å². The summed E-state index contributed by atoms with van der Waals surface area (Å²) < 4.78 is 4.37. The lowest BCUT2D eigenvalue weighted by molar-refractivity contribution is 0.421. The molecule has 0 atom stereocenters. The lowest BCUT2D eigenvalue weighted by Gasteiger charge is -1.77. The topological polar surface area (TPSA) is 21.6 Å². The van der Waals surface area contributed by atoms with Gasteiger partial charge in [-0.05, 0) is 6.92 Å². The SMILES string of the molecule is CC/N=[C]/OC. The van der Waals surface area contributed by atoms with Crippen molar-refractivity contribution in [3.8, 4) is 0 Å². The minimum Gasteiger partial charge on any atom is -0.477 e. The van der Waals surface area contributed by atoms with E-state index in [0.717, 1.165) is 6.54 Å². The molecular formula is C4H8NO. The van der Waals surface area contributed by atoms with Crippen LogP contribution in [0.15, 0.2) is 4.99 Å². The Balaban J connectivity index is 2.73. The third-order valence-corrected chi connectivity index (χ3v) is 0.314. The number of methoxy groups -OCH3 is 1. The quantitative estimate of drug-likeness (QED) is 0.355. The summed E-state index contributed by atoms with van der Waals surface area (Å²) in [6.07, 6.45) is 2.32. The van der Waals surface area contributed by atoms with Gasteiger partial charge in [-0.15, -0.1) is 0 Å². The van der Waals surface area contributed by atoms with Crippen LogP contribution < -0.4 is 0 Å². The predicted molar refractivity (Wildman–Crippen MR) is 25.0 cm³/mol. The van der Waals surface area contributed by atoms with Crippen LogP contribution in [0.2, 0.25) is 0 Å². The molecule has 0 aromatic rings. The molecule has 0 aromatic heterocycles. The molecule has 0 heterocycles. The Morgan fingerprint density at radius 2 is 2.50 bits per heavy atom. The third-order valence-electron chi connectivity index (χ3n) is 0.314. The standard InChI is InChI=1S/C4H8NO/c1-3-5-4-6-2/h3H2,1-2H3. The fraction of sp³-hybridized carbons (Fsp3) is 0.750. The zero-order valence-electron chi connectivity index (χ0n) is 4.06. The van der Waals surface area contributed by atoms with Crippen molar-refractivity contribution in [2.45, 2.75) is 6.92 Å². The summed E-state index contributed by atoms with van der Waals surface area (Å²) in [6.45, 7) is 2.67. The van der Waals surface area contributed by atoms with E-state index in [0.29, 0.717) is 0 Å². The molecule has 0 rings (SSSR count). The van der Waals surface area contributed by atoms with Gasteiger partial charge in [0.1, 0.15) is 0 Å². The van der Waals surface area contributed by atoms with Crippen LogP contribution in [0.3, 0.4) is 0 Å². The van der Waals surface area contributed by atoms with Gasteiger partial charge in [0.2, 0.25) is 0 Å². The summed E-state index contributed by atoms with van der Waals surface area (Å²) in [7, 11) is 1.53. The van der Waals surface area contributed by atoms with Gasteiger partial charge in [-0.2, -0.15) is 0 Å². The van der Waals surface area contributed by atoms with Gasteiger partial charge in [-0.1, -0.05) is 0 Å². The van der Waals surface area contributed by atoms with Gasteiger partial charge in [-0.3, -0.25) is 0 Å². The maximum Gasteiger partial charge on any atom is 0.272 e. The maximum atomic E-state index is 4.37. The average Bonchev–Trinajstić information content (AvgIpc) is 1.61. The second-order valence-electron chi connectivity index (χ2n) is 0.770. The molecule has 0 saturated carbocycles. The highest BCUT2D eigenvalue weighted by atomic mass is 16.5. The normalized spacial score (nSPS) is 9.67. The van der Waals surface area contributed by atoms with Crippen molar-refractivity contribution >= 4 is 6.40 Å². The van der Waals surface area contributed by atoms with Crippen molar-refractivity contribution in [1.29, 1.82) is 0 Å². The van der Waals surface area contributed by atoms with Crippen LogP contribution in [0, 0.1) is 0 Å². The Morgan fingerprint density at radius 3 is 2.67 bits per heavy atom. The van der Waals surface area contributed by atoms with Crippen LogP contribution in [-0.4, -0.2) is 20.1 Å².